The molecule has 3 rings (SSSR count). The summed E-state index contributed by atoms with van der Waals surface area (Å²) in [5, 5.41) is 4.85. The zero-order valence-electron chi connectivity index (χ0n) is 14.9. The van der Waals surface area contributed by atoms with Gasteiger partial charge in [-0.2, -0.15) is 0 Å². The van der Waals surface area contributed by atoms with Crippen LogP contribution in [0.3, 0.4) is 0 Å². The number of para-hydroxylation sites is 1. The Morgan fingerprint density at radius 3 is 2.69 bits per heavy atom. The lowest BCUT2D eigenvalue weighted by atomic mass is 10.2. The molecule has 0 saturated heterocycles. The van der Waals surface area contributed by atoms with E-state index < -0.39 is 0 Å². The highest BCUT2D eigenvalue weighted by Crippen LogP contribution is 2.19. The minimum atomic E-state index is 0.0353. The van der Waals surface area contributed by atoms with Gasteiger partial charge in [0.2, 0.25) is 5.91 Å². The smallest absolute Gasteiger partial charge is 0.239 e. The van der Waals surface area contributed by atoms with E-state index in [1.54, 1.807) is 0 Å². The maximum atomic E-state index is 12.2. The first-order valence-corrected chi connectivity index (χ1v) is 9.21. The number of aromatic nitrogens is 1. The van der Waals surface area contributed by atoms with Crippen molar-refractivity contribution < 1.29 is 9.53 Å². The normalized spacial score (nSPS) is 10.8. The van der Waals surface area contributed by atoms with Crippen molar-refractivity contribution in [3.05, 3.63) is 65.3 Å². The van der Waals surface area contributed by atoms with Crippen molar-refractivity contribution in [3.8, 4) is 5.75 Å². The number of halogens is 1. The van der Waals surface area contributed by atoms with Gasteiger partial charge in [-0.3, -0.25) is 4.79 Å². The molecule has 4 nitrogen and oxygen atoms in total. The predicted octanol–water partition coefficient (Wildman–Crippen LogP) is 4.58. The summed E-state index contributed by atoms with van der Waals surface area (Å²) in [5.41, 5.74) is 2.19. The van der Waals surface area contributed by atoms with E-state index in [1.807, 2.05) is 54.0 Å². The molecular formula is C21H23ClN2O2. The fourth-order valence-corrected chi connectivity index (χ4v) is 3.06. The van der Waals surface area contributed by atoms with Crippen molar-refractivity contribution in [2.75, 3.05) is 13.2 Å². The van der Waals surface area contributed by atoms with Crippen LogP contribution in [0.2, 0.25) is 5.02 Å². The number of aryl methyl sites for hydroxylation is 1. The third kappa shape index (κ3) is 4.79. The molecule has 5 heteroatoms. The number of benzene rings is 2. The number of ether oxygens (including phenoxy) is 1. The predicted molar refractivity (Wildman–Crippen MR) is 106 cm³/mol. The van der Waals surface area contributed by atoms with E-state index in [-0.39, 0.29) is 5.91 Å². The molecule has 0 fully saturated rings. The van der Waals surface area contributed by atoms with Crippen molar-refractivity contribution in [2.24, 2.45) is 0 Å². The third-order valence-corrected chi connectivity index (χ3v) is 4.55. The Hall–Kier alpha value is -2.46. The summed E-state index contributed by atoms with van der Waals surface area (Å²) in [6.07, 6.45) is 1.76. The lowest BCUT2D eigenvalue weighted by Gasteiger charge is -2.10. The summed E-state index contributed by atoms with van der Waals surface area (Å²) in [5.74, 6) is 0.849. The number of amides is 1. The molecule has 136 valence electrons. The van der Waals surface area contributed by atoms with Gasteiger partial charge in [-0.1, -0.05) is 29.8 Å². The van der Waals surface area contributed by atoms with Crippen LogP contribution in [-0.2, 0) is 11.3 Å². The lowest BCUT2D eigenvalue weighted by Crippen LogP contribution is -2.28. The van der Waals surface area contributed by atoms with Gasteiger partial charge in [-0.25, -0.2) is 0 Å². The second-order valence-electron chi connectivity index (χ2n) is 6.29. The van der Waals surface area contributed by atoms with Crippen LogP contribution in [0.25, 0.3) is 10.9 Å². The Kier molecular flexibility index (Phi) is 6.18. The van der Waals surface area contributed by atoms with Crippen LogP contribution < -0.4 is 10.1 Å². The number of fused-ring (bicyclic) bond motifs is 1. The first-order valence-electron chi connectivity index (χ1n) is 8.83. The average molecular weight is 371 g/mol. The standard InChI is InChI=1S/C21H23ClN2O2/c1-16-14-17-6-2-3-7-20(17)24(16)15-21(25)23-12-4-5-13-26-19-10-8-18(22)9-11-19/h2-3,6-11,14H,4-5,12-13,15H2,1H3,(H,23,25). The van der Waals surface area contributed by atoms with Gasteiger partial charge in [0.25, 0.3) is 0 Å². The SMILES string of the molecule is Cc1cc2ccccc2n1CC(=O)NCCCCOc1ccc(Cl)cc1. The van der Waals surface area contributed by atoms with E-state index >= 15 is 0 Å². The quantitative estimate of drug-likeness (QED) is 0.590. The number of unbranched alkanes of at least 4 members (excludes halogenated alkanes) is 1. The number of nitrogens with zero attached hydrogens (tertiary/aromatic N) is 1. The molecule has 0 atom stereocenters. The summed E-state index contributed by atoms with van der Waals surface area (Å²) in [6, 6.07) is 17.6. The molecule has 1 aromatic heterocycles. The Morgan fingerprint density at radius 1 is 1.12 bits per heavy atom. The van der Waals surface area contributed by atoms with Crippen LogP contribution in [0.15, 0.2) is 54.6 Å². The number of carbonyl (C=O) groups is 1. The topological polar surface area (TPSA) is 43.3 Å². The van der Waals surface area contributed by atoms with Crippen LogP contribution in [0.5, 0.6) is 5.75 Å². The summed E-state index contributed by atoms with van der Waals surface area (Å²) in [7, 11) is 0. The Bertz CT molecular complexity index is 871. The van der Waals surface area contributed by atoms with Crippen molar-refractivity contribution >= 4 is 28.4 Å². The molecule has 1 N–H and O–H groups in total. The van der Waals surface area contributed by atoms with Crippen LogP contribution in [-0.4, -0.2) is 23.6 Å². The molecule has 0 radical (unpaired) electrons. The first-order chi connectivity index (χ1) is 12.6. The van der Waals surface area contributed by atoms with Gasteiger partial charge in [0.15, 0.2) is 0 Å². The second kappa shape index (κ2) is 8.77. The van der Waals surface area contributed by atoms with Crippen molar-refractivity contribution in [1.29, 1.82) is 0 Å². The number of rotatable bonds is 8. The molecule has 1 heterocycles. The average Bonchev–Trinajstić information content (AvgIpc) is 2.95. The van der Waals surface area contributed by atoms with E-state index in [4.69, 9.17) is 16.3 Å². The van der Waals surface area contributed by atoms with E-state index in [0.29, 0.717) is 24.7 Å². The number of carbonyl (C=O) groups excluding carboxylic acids is 1. The Labute approximate surface area is 158 Å². The summed E-state index contributed by atoms with van der Waals surface area (Å²) in [6.45, 7) is 3.65. The van der Waals surface area contributed by atoms with E-state index in [1.165, 1.54) is 0 Å². The van der Waals surface area contributed by atoms with Crippen LogP contribution in [0.1, 0.15) is 18.5 Å². The van der Waals surface area contributed by atoms with Crippen molar-refractivity contribution in [1.82, 2.24) is 9.88 Å². The molecule has 3 aromatic rings. The Morgan fingerprint density at radius 2 is 1.88 bits per heavy atom. The minimum absolute atomic E-state index is 0.0353. The number of nitrogens with one attached hydrogen (secondary N) is 1. The molecule has 0 bridgehead atoms. The van der Waals surface area contributed by atoms with Gasteiger partial charge in [-0.05, 0) is 61.5 Å². The summed E-state index contributed by atoms with van der Waals surface area (Å²) < 4.78 is 7.69. The maximum absolute atomic E-state index is 12.2. The van der Waals surface area contributed by atoms with Gasteiger partial charge in [0.1, 0.15) is 12.3 Å². The molecule has 0 aliphatic rings. The van der Waals surface area contributed by atoms with E-state index in [9.17, 15) is 4.79 Å². The fraction of sp³-hybridized carbons (Fsp3) is 0.286. The monoisotopic (exact) mass is 370 g/mol. The van der Waals surface area contributed by atoms with E-state index in [0.717, 1.165) is 35.2 Å². The fourth-order valence-electron chi connectivity index (χ4n) is 2.93. The zero-order chi connectivity index (χ0) is 18.4. The largest absolute Gasteiger partial charge is 0.494 e. The molecule has 0 aliphatic heterocycles. The highest BCUT2D eigenvalue weighted by Gasteiger charge is 2.08. The lowest BCUT2D eigenvalue weighted by molar-refractivity contribution is -0.121. The van der Waals surface area contributed by atoms with Crippen LogP contribution in [0.4, 0.5) is 0 Å². The molecule has 1 amide bonds. The Balaban J connectivity index is 1.37. The molecule has 0 saturated carbocycles. The highest BCUT2D eigenvalue weighted by molar-refractivity contribution is 6.30. The summed E-state index contributed by atoms with van der Waals surface area (Å²) in [4.78, 5) is 12.2. The van der Waals surface area contributed by atoms with Gasteiger partial charge < -0.3 is 14.6 Å². The molecule has 0 unspecified atom stereocenters. The molecular weight excluding hydrogens is 348 g/mol. The van der Waals surface area contributed by atoms with Gasteiger partial charge in [0.05, 0.1) is 6.61 Å². The van der Waals surface area contributed by atoms with Crippen molar-refractivity contribution in [2.45, 2.75) is 26.3 Å². The molecule has 0 aliphatic carbocycles. The number of hydrogen-bond donors (Lipinski definition) is 1. The van der Waals surface area contributed by atoms with Gasteiger partial charge in [-0.15, -0.1) is 0 Å². The second-order valence-corrected chi connectivity index (χ2v) is 6.73. The molecule has 26 heavy (non-hydrogen) atoms. The number of hydrogen-bond acceptors (Lipinski definition) is 2. The van der Waals surface area contributed by atoms with E-state index in [2.05, 4.69) is 17.4 Å². The van der Waals surface area contributed by atoms with Gasteiger partial charge >= 0.3 is 0 Å². The minimum Gasteiger partial charge on any atom is -0.494 e. The first kappa shape index (κ1) is 18.3. The maximum Gasteiger partial charge on any atom is 0.239 e. The molecule has 0 spiro atoms. The highest BCUT2D eigenvalue weighted by atomic mass is 35.5. The van der Waals surface area contributed by atoms with Crippen LogP contribution in [0, 0.1) is 6.92 Å². The third-order valence-electron chi connectivity index (χ3n) is 4.30. The van der Waals surface area contributed by atoms with Crippen molar-refractivity contribution in [3.63, 3.8) is 0 Å². The summed E-state index contributed by atoms with van der Waals surface area (Å²) >= 11 is 5.84. The van der Waals surface area contributed by atoms with Gasteiger partial charge in [0, 0.05) is 22.8 Å². The zero-order valence-corrected chi connectivity index (χ0v) is 15.6. The van der Waals surface area contributed by atoms with Crippen LogP contribution >= 0.6 is 11.6 Å². The molecule has 2 aromatic carbocycles.